The van der Waals surface area contributed by atoms with Crippen molar-refractivity contribution in [2.24, 2.45) is 0 Å². The Bertz CT molecular complexity index is 866. The second-order valence-corrected chi connectivity index (χ2v) is 4.81. The number of carbonyl (C=O) groups excluding carboxylic acids is 1. The van der Waals surface area contributed by atoms with Crippen molar-refractivity contribution in [1.29, 1.82) is 0 Å². The summed E-state index contributed by atoms with van der Waals surface area (Å²) in [5.41, 5.74) is -0.624. The highest BCUT2D eigenvalue weighted by Crippen LogP contribution is 2.37. The Kier molecular flexibility index (Phi) is 3.21. The van der Waals surface area contributed by atoms with E-state index in [0.29, 0.717) is 5.56 Å². The van der Waals surface area contributed by atoms with E-state index in [2.05, 4.69) is 9.97 Å². The van der Waals surface area contributed by atoms with Crippen LogP contribution in [0.25, 0.3) is 0 Å². The van der Waals surface area contributed by atoms with Gasteiger partial charge in [0, 0.05) is 5.92 Å². The van der Waals surface area contributed by atoms with Crippen LogP contribution in [0.4, 0.5) is 0 Å². The fourth-order valence-electron chi connectivity index (χ4n) is 2.49. The first-order chi connectivity index (χ1) is 10.5. The first-order valence-corrected chi connectivity index (χ1v) is 6.43. The molecule has 0 aliphatic carbocycles. The molecule has 2 aromatic rings. The Hall–Kier alpha value is -3.03. The van der Waals surface area contributed by atoms with Crippen LogP contribution in [0, 0.1) is 0 Å². The van der Waals surface area contributed by atoms with Gasteiger partial charge < -0.3 is 14.6 Å². The third-order valence-electron chi connectivity index (χ3n) is 3.48. The molecular weight excluding hydrogens is 292 g/mol. The Balaban J connectivity index is 2.19. The molecule has 0 fully saturated rings. The molecule has 1 aromatic carbocycles. The molecule has 22 heavy (non-hydrogen) atoms. The molecule has 3 rings (SSSR count). The molecule has 0 saturated heterocycles. The molecule has 1 aliphatic heterocycles. The van der Waals surface area contributed by atoms with Gasteiger partial charge in [-0.05, 0) is 17.7 Å². The monoisotopic (exact) mass is 304 g/mol. The average molecular weight is 304 g/mol. The van der Waals surface area contributed by atoms with Crippen LogP contribution in [0.15, 0.2) is 27.8 Å². The molecule has 1 aromatic heterocycles. The van der Waals surface area contributed by atoms with Crippen molar-refractivity contribution in [2.45, 2.75) is 12.3 Å². The number of H-pyrrole nitrogens is 2. The Morgan fingerprint density at radius 1 is 1.27 bits per heavy atom. The molecule has 2 heterocycles. The molecule has 0 amide bonds. The second-order valence-electron chi connectivity index (χ2n) is 4.81. The number of fused-ring (bicyclic) bond motifs is 1. The molecule has 0 saturated carbocycles. The molecule has 114 valence electrons. The highest BCUT2D eigenvalue weighted by molar-refractivity contribution is 5.76. The summed E-state index contributed by atoms with van der Waals surface area (Å²) >= 11 is 0. The van der Waals surface area contributed by atoms with Crippen LogP contribution in [0.1, 0.15) is 23.5 Å². The van der Waals surface area contributed by atoms with Gasteiger partial charge in [0.25, 0.3) is 5.56 Å². The van der Waals surface area contributed by atoms with Gasteiger partial charge in [-0.1, -0.05) is 6.07 Å². The van der Waals surface area contributed by atoms with E-state index >= 15 is 0 Å². The molecular formula is C14H12N2O6. The normalized spacial score (nSPS) is 16.8. The van der Waals surface area contributed by atoms with E-state index in [1.165, 1.54) is 19.2 Å². The Labute approximate surface area is 123 Å². The number of nitrogens with one attached hydrogen (secondary N) is 2. The number of methoxy groups -OCH3 is 1. The van der Waals surface area contributed by atoms with Gasteiger partial charge in [-0.2, -0.15) is 0 Å². The van der Waals surface area contributed by atoms with Crippen LogP contribution >= 0.6 is 0 Å². The van der Waals surface area contributed by atoms with Gasteiger partial charge in [0.15, 0.2) is 11.5 Å². The number of aromatic amines is 2. The number of benzene rings is 1. The predicted molar refractivity (Wildman–Crippen MR) is 74.4 cm³/mol. The summed E-state index contributed by atoms with van der Waals surface area (Å²) in [7, 11) is 1.40. The predicted octanol–water partition coefficient (Wildman–Crippen LogP) is 0.218. The van der Waals surface area contributed by atoms with E-state index < -0.39 is 23.1 Å². The number of esters is 1. The van der Waals surface area contributed by atoms with Crippen LogP contribution < -0.4 is 20.7 Å². The van der Waals surface area contributed by atoms with Gasteiger partial charge in [0.2, 0.25) is 5.88 Å². The maximum atomic E-state index is 12.0. The molecule has 0 bridgehead atoms. The number of ether oxygens (including phenoxy) is 2. The van der Waals surface area contributed by atoms with Crippen molar-refractivity contribution in [3.63, 3.8) is 0 Å². The van der Waals surface area contributed by atoms with E-state index in [1.54, 1.807) is 6.07 Å². The lowest BCUT2D eigenvalue weighted by atomic mass is 9.88. The van der Waals surface area contributed by atoms with Crippen molar-refractivity contribution >= 4 is 5.97 Å². The van der Waals surface area contributed by atoms with Gasteiger partial charge in [0.1, 0.15) is 0 Å². The summed E-state index contributed by atoms with van der Waals surface area (Å²) in [6, 6.07) is 4.52. The fourth-order valence-corrected chi connectivity index (χ4v) is 2.49. The van der Waals surface area contributed by atoms with Gasteiger partial charge in [-0.15, -0.1) is 0 Å². The third kappa shape index (κ3) is 2.24. The largest absolute Gasteiger partial charge is 0.504 e. The number of hydrogen-bond acceptors (Lipinski definition) is 6. The first kappa shape index (κ1) is 13.9. The number of aromatic hydroxyl groups is 1. The summed E-state index contributed by atoms with van der Waals surface area (Å²) < 4.78 is 9.96. The summed E-state index contributed by atoms with van der Waals surface area (Å²) in [5, 5.41) is 9.64. The van der Waals surface area contributed by atoms with E-state index in [4.69, 9.17) is 9.47 Å². The lowest BCUT2D eigenvalue weighted by Gasteiger charge is -2.23. The quantitative estimate of drug-likeness (QED) is 0.682. The van der Waals surface area contributed by atoms with Crippen LogP contribution in [-0.4, -0.2) is 28.2 Å². The maximum Gasteiger partial charge on any atom is 0.328 e. The zero-order valence-corrected chi connectivity index (χ0v) is 11.5. The van der Waals surface area contributed by atoms with Crippen molar-refractivity contribution < 1.29 is 19.4 Å². The minimum absolute atomic E-state index is 0.0553. The van der Waals surface area contributed by atoms with Gasteiger partial charge in [0.05, 0.1) is 19.1 Å². The average Bonchev–Trinajstić information content (AvgIpc) is 2.46. The van der Waals surface area contributed by atoms with Crippen molar-refractivity contribution in [2.75, 3.05) is 7.11 Å². The zero-order valence-electron chi connectivity index (χ0n) is 11.5. The minimum Gasteiger partial charge on any atom is -0.504 e. The van der Waals surface area contributed by atoms with Crippen molar-refractivity contribution in [3.8, 4) is 17.4 Å². The van der Waals surface area contributed by atoms with Crippen LogP contribution in [0.2, 0.25) is 0 Å². The molecule has 1 unspecified atom stereocenters. The number of rotatable bonds is 2. The highest BCUT2D eigenvalue weighted by atomic mass is 16.5. The molecule has 8 nitrogen and oxygen atoms in total. The zero-order chi connectivity index (χ0) is 15.9. The molecule has 3 N–H and O–H groups in total. The number of hydrogen-bond donors (Lipinski definition) is 3. The number of phenolic OH excluding ortho intramolecular Hbond substituents is 1. The number of aromatic nitrogens is 2. The summed E-state index contributed by atoms with van der Waals surface area (Å²) in [6.07, 6.45) is -0.0595. The lowest BCUT2D eigenvalue weighted by Crippen LogP contribution is -2.33. The number of carbonyl (C=O) groups is 1. The molecule has 1 atom stereocenters. The van der Waals surface area contributed by atoms with Gasteiger partial charge >= 0.3 is 11.7 Å². The Morgan fingerprint density at radius 2 is 2.05 bits per heavy atom. The highest BCUT2D eigenvalue weighted by Gasteiger charge is 2.32. The standard InChI is InChI=1S/C14H12N2O6/c1-21-9-4-6(2-3-8(9)17)7-5-10(18)22-13-11(7)12(19)15-14(20)16-13/h2-4,7,17H,5H2,1H3,(H2,15,16,19,20). The van der Waals surface area contributed by atoms with Crippen LogP contribution in [-0.2, 0) is 4.79 Å². The maximum absolute atomic E-state index is 12.0. The van der Waals surface area contributed by atoms with E-state index in [0.717, 1.165) is 0 Å². The third-order valence-corrected chi connectivity index (χ3v) is 3.48. The van der Waals surface area contributed by atoms with Crippen molar-refractivity contribution in [3.05, 3.63) is 50.2 Å². The smallest absolute Gasteiger partial charge is 0.328 e. The van der Waals surface area contributed by atoms with Gasteiger partial charge in [-0.25, -0.2) is 4.79 Å². The molecule has 0 spiro atoms. The van der Waals surface area contributed by atoms with Gasteiger partial charge in [-0.3, -0.25) is 19.6 Å². The Morgan fingerprint density at radius 3 is 2.77 bits per heavy atom. The summed E-state index contributed by atoms with van der Waals surface area (Å²) in [5.74, 6) is -1.15. The van der Waals surface area contributed by atoms with Crippen LogP contribution in [0.5, 0.6) is 17.4 Å². The molecule has 1 aliphatic rings. The molecule has 0 radical (unpaired) electrons. The van der Waals surface area contributed by atoms with E-state index in [-0.39, 0.29) is 29.4 Å². The summed E-state index contributed by atoms with van der Waals surface area (Å²) in [6.45, 7) is 0. The topological polar surface area (TPSA) is 121 Å². The molecule has 8 heteroatoms. The first-order valence-electron chi connectivity index (χ1n) is 6.43. The van der Waals surface area contributed by atoms with Crippen molar-refractivity contribution in [1.82, 2.24) is 9.97 Å². The van der Waals surface area contributed by atoms with E-state index in [9.17, 15) is 19.5 Å². The minimum atomic E-state index is -0.750. The second kappa shape index (κ2) is 5.06. The van der Waals surface area contributed by atoms with Crippen LogP contribution in [0.3, 0.4) is 0 Å². The fraction of sp³-hybridized carbons (Fsp3) is 0.214. The summed E-state index contributed by atoms with van der Waals surface area (Å²) in [4.78, 5) is 39.5. The number of phenols is 1. The lowest BCUT2D eigenvalue weighted by molar-refractivity contribution is -0.136. The SMILES string of the molecule is COc1cc(C2CC(=O)Oc3[nH]c(=O)[nH]c(=O)c32)ccc1O. The van der Waals surface area contributed by atoms with E-state index in [1.807, 2.05) is 0 Å².